The fourth-order valence-corrected chi connectivity index (χ4v) is 9.62. The number of hydrogen-bond donors (Lipinski definition) is 3. The van der Waals surface area contributed by atoms with E-state index in [-0.39, 0.29) is 35.2 Å². The highest BCUT2D eigenvalue weighted by Crippen LogP contribution is 2.67. The molecule has 9 atom stereocenters. The zero-order chi connectivity index (χ0) is 26.8. The van der Waals surface area contributed by atoms with Gasteiger partial charge in [0.15, 0.2) is 0 Å². The fourth-order valence-electron chi connectivity index (χ4n) is 9.62. The molecule has 7 nitrogen and oxygen atoms in total. The summed E-state index contributed by atoms with van der Waals surface area (Å²) in [5.74, 6) is 0.969. The van der Waals surface area contributed by atoms with Gasteiger partial charge < -0.3 is 25.6 Å². The van der Waals surface area contributed by atoms with Crippen molar-refractivity contribution in [3.05, 3.63) is 0 Å². The van der Waals surface area contributed by atoms with Gasteiger partial charge in [-0.05, 0) is 125 Å². The van der Waals surface area contributed by atoms with Crippen LogP contribution < -0.4 is 5.73 Å². The first kappa shape index (κ1) is 28.8. The molecule has 37 heavy (non-hydrogen) atoms. The van der Waals surface area contributed by atoms with E-state index in [1.807, 2.05) is 0 Å². The Bertz CT molecular complexity index is 801. The molecule has 212 valence electrons. The molecule has 0 radical (unpaired) electrons. The lowest BCUT2D eigenvalue weighted by atomic mass is 9.44. The van der Waals surface area contributed by atoms with Crippen molar-refractivity contribution in [2.45, 2.75) is 110 Å². The van der Waals surface area contributed by atoms with Crippen LogP contribution in [0.5, 0.6) is 0 Å². The number of aliphatic hydroxyl groups excluding tert-OH is 1. The lowest BCUT2D eigenvalue weighted by Crippen LogP contribution is -2.56. The van der Waals surface area contributed by atoms with E-state index < -0.39 is 12.1 Å². The van der Waals surface area contributed by atoms with Crippen LogP contribution in [0.15, 0.2) is 0 Å². The molecule has 0 spiro atoms. The largest absolute Gasteiger partial charge is 0.481 e. The number of carbonyl (C=O) groups is 2. The Hall–Kier alpha value is -1.18. The molecule has 0 aromatic carbocycles. The fraction of sp³-hybridized carbons (Fsp3) is 0.933. The summed E-state index contributed by atoms with van der Waals surface area (Å²) in [7, 11) is 0. The van der Waals surface area contributed by atoms with Gasteiger partial charge in [0.1, 0.15) is 6.10 Å². The molecule has 0 amide bonds. The molecule has 4 aliphatic carbocycles. The Balaban J connectivity index is 1.33. The summed E-state index contributed by atoms with van der Waals surface area (Å²) < 4.78 is 5.94. The second-order valence-corrected chi connectivity index (χ2v) is 13.1. The molecule has 0 aromatic heterocycles. The van der Waals surface area contributed by atoms with Crippen molar-refractivity contribution in [3.63, 3.8) is 0 Å². The summed E-state index contributed by atoms with van der Waals surface area (Å²) in [6, 6.07) is 0. The summed E-state index contributed by atoms with van der Waals surface area (Å²) >= 11 is 0. The molecule has 4 N–H and O–H groups in total. The molecular formula is C30H52N2O5. The van der Waals surface area contributed by atoms with Crippen molar-refractivity contribution in [3.8, 4) is 0 Å². The van der Waals surface area contributed by atoms with Crippen molar-refractivity contribution >= 4 is 11.9 Å². The van der Waals surface area contributed by atoms with Crippen LogP contribution in [0.4, 0.5) is 0 Å². The first-order chi connectivity index (χ1) is 17.7. The molecule has 0 aliphatic heterocycles. The average molecular weight is 521 g/mol. The van der Waals surface area contributed by atoms with E-state index >= 15 is 0 Å². The average Bonchev–Trinajstić information content (AvgIpc) is 3.25. The quantitative estimate of drug-likeness (QED) is 0.345. The number of rotatable bonds is 11. The van der Waals surface area contributed by atoms with Crippen LogP contribution in [0.3, 0.4) is 0 Å². The zero-order valence-electron chi connectivity index (χ0n) is 23.5. The monoisotopic (exact) mass is 520 g/mol. The number of carboxylic acids is 1. The first-order valence-electron chi connectivity index (χ1n) is 15.2. The third kappa shape index (κ3) is 5.60. The van der Waals surface area contributed by atoms with Crippen molar-refractivity contribution < 1.29 is 24.5 Å². The predicted molar refractivity (Wildman–Crippen MR) is 144 cm³/mol. The van der Waals surface area contributed by atoms with Crippen molar-refractivity contribution in [1.29, 1.82) is 0 Å². The van der Waals surface area contributed by atoms with Gasteiger partial charge in [-0.2, -0.15) is 0 Å². The third-order valence-corrected chi connectivity index (χ3v) is 11.3. The summed E-state index contributed by atoms with van der Waals surface area (Å²) in [5.41, 5.74) is 6.33. The van der Waals surface area contributed by atoms with E-state index in [1.165, 1.54) is 0 Å². The molecular weight excluding hydrogens is 468 g/mol. The number of hydrogen-bond acceptors (Lipinski definition) is 6. The number of ether oxygens (including phenoxy) is 1. The molecule has 4 saturated carbocycles. The number of nitrogens with zero attached hydrogens (tertiary/aromatic N) is 1. The molecule has 0 heterocycles. The van der Waals surface area contributed by atoms with Crippen LogP contribution in [-0.4, -0.2) is 65.4 Å². The molecule has 4 aliphatic rings. The molecule has 0 saturated heterocycles. The highest BCUT2D eigenvalue weighted by molar-refractivity contribution is 5.72. The smallest absolute Gasteiger partial charge is 0.308 e. The number of fused-ring (bicyclic) bond motifs is 5. The van der Waals surface area contributed by atoms with Gasteiger partial charge in [-0.15, -0.1) is 0 Å². The maximum absolute atomic E-state index is 12.7. The van der Waals surface area contributed by atoms with Crippen LogP contribution >= 0.6 is 0 Å². The standard InChI is InChI=1S/C30H52N2O5/c1-4-14-32(15-5-2)18-21(33)17-27(34)37-22-10-12-29(3)20(16-22)6-7-23-24(29)11-13-30(19-31)25(23)8-9-26(30)28(35)36/h20-26,33H,4-19,31H2,1-3H3,(H,35,36)/t20?,21?,22?,23-,24+,25+,26?,29+,30-/m1/s1. The SMILES string of the molecule is CCCN(CCC)CC(O)CC(=O)OC1CC[C@@]2(C)C(CC[C@H]3[C@@H]4CCC(C(=O)O)[C@@]4(CN)CC[C@@H]32)C1. The van der Waals surface area contributed by atoms with Gasteiger partial charge in [0, 0.05) is 6.54 Å². The van der Waals surface area contributed by atoms with E-state index in [4.69, 9.17) is 10.5 Å². The number of carboxylic acid groups (broad SMARTS) is 1. The van der Waals surface area contributed by atoms with E-state index in [9.17, 15) is 19.8 Å². The number of esters is 1. The van der Waals surface area contributed by atoms with E-state index in [1.54, 1.807) is 0 Å². The normalized spacial score (nSPS) is 39.9. The van der Waals surface area contributed by atoms with E-state index in [2.05, 4.69) is 25.7 Å². The number of nitrogens with two attached hydrogens (primary N) is 1. The molecule has 4 fully saturated rings. The van der Waals surface area contributed by atoms with Gasteiger partial charge in [0.2, 0.25) is 0 Å². The minimum atomic E-state index is -0.680. The molecule has 4 unspecified atom stereocenters. The van der Waals surface area contributed by atoms with Crippen LogP contribution in [0.2, 0.25) is 0 Å². The van der Waals surface area contributed by atoms with Crippen molar-refractivity contribution in [1.82, 2.24) is 4.90 Å². The summed E-state index contributed by atoms with van der Waals surface area (Å²) in [4.78, 5) is 27.0. The first-order valence-corrected chi connectivity index (χ1v) is 15.2. The molecule has 0 aromatic rings. The van der Waals surface area contributed by atoms with Gasteiger partial charge >= 0.3 is 11.9 Å². The van der Waals surface area contributed by atoms with Gasteiger partial charge in [0.25, 0.3) is 0 Å². The Morgan fingerprint density at radius 1 is 1.03 bits per heavy atom. The van der Waals surface area contributed by atoms with Gasteiger partial charge in [0.05, 0.1) is 18.4 Å². The highest BCUT2D eigenvalue weighted by atomic mass is 16.5. The van der Waals surface area contributed by atoms with Gasteiger partial charge in [-0.25, -0.2) is 0 Å². The topological polar surface area (TPSA) is 113 Å². The minimum Gasteiger partial charge on any atom is -0.481 e. The zero-order valence-corrected chi connectivity index (χ0v) is 23.5. The lowest BCUT2D eigenvalue weighted by Gasteiger charge is -2.61. The molecule has 0 bridgehead atoms. The molecule has 4 rings (SSSR count). The van der Waals surface area contributed by atoms with E-state index in [0.29, 0.717) is 36.8 Å². The Morgan fingerprint density at radius 3 is 2.41 bits per heavy atom. The Kier molecular flexibility index (Phi) is 9.28. The Labute approximate surface area is 223 Å². The maximum Gasteiger partial charge on any atom is 0.308 e. The highest BCUT2D eigenvalue weighted by Gasteiger charge is 2.62. The van der Waals surface area contributed by atoms with Gasteiger partial charge in [-0.3, -0.25) is 9.59 Å². The second-order valence-electron chi connectivity index (χ2n) is 13.1. The lowest BCUT2D eigenvalue weighted by molar-refractivity contribution is -0.167. The minimum absolute atomic E-state index is 0.0497. The van der Waals surface area contributed by atoms with Crippen LogP contribution in [0, 0.1) is 40.4 Å². The van der Waals surface area contributed by atoms with Crippen molar-refractivity contribution in [2.24, 2.45) is 46.2 Å². The van der Waals surface area contributed by atoms with Crippen molar-refractivity contribution in [2.75, 3.05) is 26.2 Å². The number of aliphatic hydroxyl groups is 1. The summed E-state index contributed by atoms with van der Waals surface area (Å²) in [6.07, 6.45) is 10.4. The molecule has 7 heteroatoms. The maximum atomic E-state index is 12.7. The van der Waals surface area contributed by atoms with Gasteiger partial charge in [-0.1, -0.05) is 20.8 Å². The summed E-state index contributed by atoms with van der Waals surface area (Å²) in [6.45, 7) is 9.64. The predicted octanol–water partition coefficient (Wildman–Crippen LogP) is 4.45. The Morgan fingerprint density at radius 2 is 1.76 bits per heavy atom. The second kappa shape index (κ2) is 11.9. The van der Waals surface area contributed by atoms with Crippen LogP contribution in [0.25, 0.3) is 0 Å². The van der Waals surface area contributed by atoms with Crippen LogP contribution in [-0.2, 0) is 14.3 Å². The number of carbonyl (C=O) groups excluding carboxylic acids is 1. The van der Waals surface area contributed by atoms with E-state index in [0.717, 1.165) is 83.7 Å². The number of aliphatic carboxylic acids is 1. The summed E-state index contributed by atoms with van der Waals surface area (Å²) in [5, 5.41) is 20.4. The third-order valence-electron chi connectivity index (χ3n) is 11.3. The van der Waals surface area contributed by atoms with Crippen LogP contribution in [0.1, 0.15) is 97.8 Å².